The Morgan fingerprint density at radius 2 is 2.08 bits per heavy atom. The fraction of sp³-hybridized carbons (Fsp3) is 0.500. The van der Waals surface area contributed by atoms with Crippen LogP contribution in [-0.2, 0) is 5.41 Å². The lowest BCUT2D eigenvalue weighted by Crippen LogP contribution is -2.15. The van der Waals surface area contributed by atoms with Crippen LogP contribution in [-0.4, -0.2) is 21.5 Å². The second-order valence-corrected chi connectivity index (χ2v) is 3.57. The molecule has 0 radical (unpaired) electrons. The molecule has 0 bridgehead atoms. The molecule has 12 heavy (non-hydrogen) atoms. The van der Waals surface area contributed by atoms with E-state index in [1.807, 2.05) is 20.8 Å². The van der Waals surface area contributed by atoms with Crippen LogP contribution < -0.4 is 0 Å². The third-order valence-corrected chi connectivity index (χ3v) is 1.45. The lowest BCUT2D eigenvalue weighted by molar-refractivity contribution is 0.111. The summed E-state index contributed by atoms with van der Waals surface area (Å²) < 4.78 is 0. The highest BCUT2D eigenvalue weighted by molar-refractivity contribution is 5.68. The summed E-state index contributed by atoms with van der Waals surface area (Å²) in [7, 11) is 0. The zero-order chi connectivity index (χ0) is 9.19. The van der Waals surface area contributed by atoms with E-state index in [1.54, 1.807) is 6.20 Å². The van der Waals surface area contributed by atoms with Crippen LogP contribution in [0.5, 0.6) is 0 Å². The Morgan fingerprint density at radius 3 is 2.58 bits per heavy atom. The van der Waals surface area contributed by atoms with Gasteiger partial charge < -0.3 is 0 Å². The number of rotatable bonds is 1. The number of aromatic nitrogens is 3. The van der Waals surface area contributed by atoms with E-state index in [9.17, 15) is 4.79 Å². The molecule has 0 amide bonds. The predicted molar refractivity (Wildman–Crippen MR) is 43.9 cm³/mol. The highest BCUT2D eigenvalue weighted by Crippen LogP contribution is 2.17. The van der Waals surface area contributed by atoms with Crippen LogP contribution in [0.4, 0.5) is 0 Å². The largest absolute Gasteiger partial charge is 0.294 e. The topological polar surface area (TPSA) is 55.7 Å². The number of hydrogen-bond donors (Lipinski definition) is 0. The van der Waals surface area contributed by atoms with Crippen molar-refractivity contribution in [3.63, 3.8) is 0 Å². The highest BCUT2D eigenvalue weighted by Gasteiger charge is 2.16. The normalized spacial score (nSPS) is 11.2. The summed E-state index contributed by atoms with van der Waals surface area (Å²) >= 11 is 0. The Bertz CT molecular complexity index is 291. The van der Waals surface area contributed by atoms with Crippen molar-refractivity contribution in [1.29, 1.82) is 0 Å². The third-order valence-electron chi connectivity index (χ3n) is 1.45. The van der Waals surface area contributed by atoms with Gasteiger partial charge in [-0.2, -0.15) is 5.10 Å². The van der Waals surface area contributed by atoms with E-state index in [4.69, 9.17) is 0 Å². The highest BCUT2D eigenvalue weighted by atomic mass is 16.1. The van der Waals surface area contributed by atoms with Gasteiger partial charge in [0, 0.05) is 5.41 Å². The van der Waals surface area contributed by atoms with E-state index >= 15 is 0 Å². The van der Waals surface area contributed by atoms with Gasteiger partial charge in [0.15, 0.2) is 6.29 Å². The standard InChI is InChI=1S/C8H11N3O/c1-8(2,3)6-4-9-11-7(5-12)10-6/h4-5H,1-3H3. The third kappa shape index (κ3) is 1.84. The average molecular weight is 165 g/mol. The second kappa shape index (κ2) is 2.97. The van der Waals surface area contributed by atoms with Gasteiger partial charge >= 0.3 is 0 Å². The molecule has 0 aliphatic carbocycles. The first kappa shape index (κ1) is 8.77. The van der Waals surface area contributed by atoms with Gasteiger partial charge in [0.2, 0.25) is 5.82 Å². The van der Waals surface area contributed by atoms with Crippen LogP contribution >= 0.6 is 0 Å². The first-order valence-corrected chi connectivity index (χ1v) is 3.69. The van der Waals surface area contributed by atoms with Crippen molar-refractivity contribution >= 4 is 6.29 Å². The molecule has 0 aliphatic heterocycles. The molecule has 0 unspecified atom stereocenters. The van der Waals surface area contributed by atoms with Crippen LogP contribution in [0.15, 0.2) is 6.20 Å². The Morgan fingerprint density at radius 1 is 1.42 bits per heavy atom. The van der Waals surface area contributed by atoms with E-state index in [2.05, 4.69) is 15.2 Å². The smallest absolute Gasteiger partial charge is 0.214 e. The van der Waals surface area contributed by atoms with Crippen molar-refractivity contribution in [2.24, 2.45) is 0 Å². The summed E-state index contributed by atoms with van der Waals surface area (Å²) in [6.45, 7) is 6.02. The molecule has 1 aromatic rings. The van der Waals surface area contributed by atoms with Crippen LogP contribution in [0.2, 0.25) is 0 Å². The molecule has 0 saturated carbocycles. The fourth-order valence-electron chi connectivity index (χ4n) is 0.729. The summed E-state index contributed by atoms with van der Waals surface area (Å²) in [6, 6.07) is 0. The maximum atomic E-state index is 10.3. The summed E-state index contributed by atoms with van der Waals surface area (Å²) in [5, 5.41) is 7.22. The average Bonchev–Trinajstić information content (AvgIpc) is 2.03. The number of carbonyl (C=O) groups excluding carboxylic acids is 1. The van der Waals surface area contributed by atoms with Gasteiger partial charge in [0.05, 0.1) is 11.9 Å². The van der Waals surface area contributed by atoms with Crippen molar-refractivity contribution in [3.05, 3.63) is 17.7 Å². The quantitative estimate of drug-likeness (QED) is 0.582. The molecule has 1 heterocycles. The SMILES string of the molecule is CC(C)(C)c1cnnc(C=O)n1. The summed E-state index contributed by atoms with van der Waals surface area (Å²) in [4.78, 5) is 14.3. The molecule has 0 spiro atoms. The molecule has 1 rings (SSSR count). The first-order valence-electron chi connectivity index (χ1n) is 3.69. The molecule has 1 aromatic heterocycles. The Hall–Kier alpha value is -1.32. The Kier molecular flexibility index (Phi) is 2.17. The second-order valence-electron chi connectivity index (χ2n) is 3.57. The summed E-state index contributed by atoms with van der Waals surface area (Å²) in [5.41, 5.74) is 0.688. The number of aldehydes is 1. The molecule has 0 aromatic carbocycles. The van der Waals surface area contributed by atoms with Crippen LogP contribution in [0, 0.1) is 0 Å². The predicted octanol–water partition coefficient (Wildman–Crippen LogP) is 0.982. The maximum Gasteiger partial charge on any atom is 0.214 e. The molecule has 0 saturated heterocycles. The number of hydrogen-bond acceptors (Lipinski definition) is 4. The summed E-state index contributed by atoms with van der Waals surface area (Å²) in [5.74, 6) is 0.141. The van der Waals surface area contributed by atoms with E-state index in [0.29, 0.717) is 6.29 Å². The zero-order valence-electron chi connectivity index (χ0n) is 7.40. The molecule has 0 fully saturated rings. The van der Waals surface area contributed by atoms with Gasteiger partial charge in [-0.3, -0.25) is 4.79 Å². The lowest BCUT2D eigenvalue weighted by Gasteiger charge is -2.15. The van der Waals surface area contributed by atoms with Crippen molar-refractivity contribution in [2.45, 2.75) is 26.2 Å². The van der Waals surface area contributed by atoms with Crippen molar-refractivity contribution < 1.29 is 4.79 Å². The molecular formula is C8H11N3O. The number of nitrogens with zero attached hydrogens (tertiary/aromatic N) is 3. The molecule has 4 nitrogen and oxygen atoms in total. The fourth-order valence-corrected chi connectivity index (χ4v) is 0.729. The van der Waals surface area contributed by atoms with Crippen molar-refractivity contribution in [3.8, 4) is 0 Å². The van der Waals surface area contributed by atoms with E-state index in [0.717, 1.165) is 5.69 Å². The van der Waals surface area contributed by atoms with E-state index in [-0.39, 0.29) is 11.2 Å². The van der Waals surface area contributed by atoms with E-state index < -0.39 is 0 Å². The maximum absolute atomic E-state index is 10.3. The minimum absolute atomic E-state index is 0.0896. The molecule has 4 heteroatoms. The van der Waals surface area contributed by atoms with Crippen LogP contribution in [0.3, 0.4) is 0 Å². The molecule has 0 N–H and O–H groups in total. The van der Waals surface area contributed by atoms with Gasteiger partial charge in [-0.15, -0.1) is 5.10 Å². The van der Waals surface area contributed by atoms with Crippen molar-refractivity contribution in [1.82, 2.24) is 15.2 Å². The van der Waals surface area contributed by atoms with Gasteiger partial charge in [-0.25, -0.2) is 4.98 Å². The van der Waals surface area contributed by atoms with Gasteiger partial charge in [0.1, 0.15) is 0 Å². The monoisotopic (exact) mass is 165 g/mol. The summed E-state index contributed by atoms with van der Waals surface area (Å²) in [6.07, 6.45) is 2.18. The van der Waals surface area contributed by atoms with Gasteiger partial charge in [-0.1, -0.05) is 20.8 Å². The minimum atomic E-state index is -0.0896. The van der Waals surface area contributed by atoms with Gasteiger partial charge in [-0.05, 0) is 0 Å². The number of carbonyl (C=O) groups is 1. The van der Waals surface area contributed by atoms with E-state index in [1.165, 1.54) is 0 Å². The molecule has 0 aliphatic rings. The lowest BCUT2D eigenvalue weighted by atomic mass is 9.93. The molecule has 64 valence electrons. The first-order chi connectivity index (χ1) is 5.54. The minimum Gasteiger partial charge on any atom is -0.294 e. The van der Waals surface area contributed by atoms with Crippen LogP contribution in [0.25, 0.3) is 0 Å². The Labute approximate surface area is 71.0 Å². The Balaban J connectivity index is 3.10. The van der Waals surface area contributed by atoms with Gasteiger partial charge in [0.25, 0.3) is 0 Å². The van der Waals surface area contributed by atoms with Crippen LogP contribution in [0.1, 0.15) is 37.1 Å². The zero-order valence-corrected chi connectivity index (χ0v) is 7.40. The molecule has 0 atom stereocenters. The van der Waals surface area contributed by atoms with Crippen molar-refractivity contribution in [2.75, 3.05) is 0 Å². The molecular weight excluding hydrogens is 154 g/mol.